The lowest BCUT2D eigenvalue weighted by Gasteiger charge is -2.26. The van der Waals surface area contributed by atoms with Crippen LogP contribution < -0.4 is 10.6 Å². The minimum atomic E-state index is -0.360. The van der Waals surface area contributed by atoms with E-state index < -0.39 is 0 Å². The second kappa shape index (κ2) is 7.76. The number of piperazine rings is 1. The Hall–Kier alpha value is -2.57. The average Bonchev–Trinajstić information content (AvgIpc) is 2.61. The van der Waals surface area contributed by atoms with Gasteiger partial charge in [-0.2, -0.15) is 0 Å². The molecule has 8 heteroatoms. The maximum atomic E-state index is 12.4. The van der Waals surface area contributed by atoms with Crippen LogP contribution >= 0.6 is 23.2 Å². The minimum Gasteiger partial charge on any atom is -0.353 e. The van der Waals surface area contributed by atoms with E-state index in [4.69, 9.17) is 23.2 Å². The molecule has 0 saturated carbocycles. The highest BCUT2D eigenvalue weighted by molar-refractivity contribution is 6.35. The zero-order valence-electron chi connectivity index (χ0n) is 13.6. The van der Waals surface area contributed by atoms with Gasteiger partial charge in [0.1, 0.15) is 0 Å². The van der Waals surface area contributed by atoms with Gasteiger partial charge >= 0.3 is 0 Å². The van der Waals surface area contributed by atoms with Gasteiger partial charge in [-0.05, 0) is 42.5 Å². The van der Waals surface area contributed by atoms with Gasteiger partial charge in [-0.3, -0.25) is 14.4 Å². The molecule has 0 spiro atoms. The van der Waals surface area contributed by atoms with Crippen LogP contribution in [-0.4, -0.2) is 42.3 Å². The molecule has 0 bridgehead atoms. The standard InChI is InChI=1S/C18H15Cl2N3O3/c19-13-7-12(8-14(20)9-13)17(25)22-15-3-1-11(2-4-15)18(26)23-6-5-21-16(24)10-23/h1-4,7-9H,5-6,10H2,(H,21,24)(H,22,25). The molecule has 1 fully saturated rings. The first-order valence-electron chi connectivity index (χ1n) is 7.86. The molecule has 0 radical (unpaired) electrons. The number of nitrogens with one attached hydrogen (secondary N) is 2. The van der Waals surface area contributed by atoms with Crippen molar-refractivity contribution >= 4 is 46.6 Å². The van der Waals surface area contributed by atoms with Crippen molar-refractivity contribution in [3.63, 3.8) is 0 Å². The molecule has 6 nitrogen and oxygen atoms in total. The molecule has 0 aliphatic carbocycles. The highest BCUT2D eigenvalue weighted by Crippen LogP contribution is 2.20. The third kappa shape index (κ3) is 4.33. The van der Waals surface area contributed by atoms with Gasteiger partial charge < -0.3 is 15.5 Å². The normalized spacial score (nSPS) is 13.9. The summed E-state index contributed by atoms with van der Waals surface area (Å²) >= 11 is 11.8. The molecule has 1 aliphatic rings. The molecule has 2 aromatic rings. The lowest BCUT2D eigenvalue weighted by Crippen LogP contribution is -2.49. The van der Waals surface area contributed by atoms with Gasteiger partial charge in [0.2, 0.25) is 5.91 Å². The van der Waals surface area contributed by atoms with E-state index >= 15 is 0 Å². The SMILES string of the molecule is O=C1CN(C(=O)c2ccc(NC(=O)c3cc(Cl)cc(Cl)c3)cc2)CCN1. The molecule has 1 aliphatic heterocycles. The fraction of sp³-hybridized carbons (Fsp3) is 0.167. The molecule has 26 heavy (non-hydrogen) atoms. The Morgan fingerprint density at radius 3 is 2.27 bits per heavy atom. The van der Waals surface area contributed by atoms with Gasteiger partial charge in [0.15, 0.2) is 0 Å². The summed E-state index contributed by atoms with van der Waals surface area (Å²) in [6.45, 7) is 0.965. The van der Waals surface area contributed by atoms with Crippen LogP contribution in [0.2, 0.25) is 10.0 Å². The third-order valence-electron chi connectivity index (χ3n) is 3.84. The molecule has 1 heterocycles. The Labute approximate surface area is 160 Å². The average molecular weight is 392 g/mol. The highest BCUT2D eigenvalue weighted by atomic mass is 35.5. The summed E-state index contributed by atoms with van der Waals surface area (Å²) in [5.74, 6) is -0.755. The topological polar surface area (TPSA) is 78.5 Å². The molecule has 0 unspecified atom stereocenters. The molecule has 134 valence electrons. The van der Waals surface area contributed by atoms with Crippen LogP contribution in [0, 0.1) is 0 Å². The summed E-state index contributed by atoms with van der Waals surface area (Å²) in [4.78, 5) is 37.6. The van der Waals surface area contributed by atoms with Crippen molar-refractivity contribution < 1.29 is 14.4 Å². The molecule has 3 rings (SSSR count). The first-order chi connectivity index (χ1) is 12.4. The second-order valence-corrected chi connectivity index (χ2v) is 6.64. The van der Waals surface area contributed by atoms with E-state index in [0.717, 1.165) is 0 Å². The number of carbonyl (C=O) groups is 3. The fourth-order valence-electron chi connectivity index (χ4n) is 2.58. The molecule has 2 N–H and O–H groups in total. The highest BCUT2D eigenvalue weighted by Gasteiger charge is 2.22. The molecule has 0 atom stereocenters. The number of amides is 3. The van der Waals surface area contributed by atoms with Gasteiger partial charge in [0.05, 0.1) is 6.54 Å². The van der Waals surface area contributed by atoms with E-state index in [9.17, 15) is 14.4 Å². The first-order valence-corrected chi connectivity index (χ1v) is 8.61. The summed E-state index contributed by atoms with van der Waals surface area (Å²) in [6, 6.07) is 11.0. The lowest BCUT2D eigenvalue weighted by molar-refractivity contribution is -0.123. The maximum absolute atomic E-state index is 12.4. The zero-order chi connectivity index (χ0) is 18.7. The Bertz CT molecular complexity index is 848. The number of hydrogen-bond acceptors (Lipinski definition) is 3. The van der Waals surface area contributed by atoms with Crippen molar-refractivity contribution in [3.8, 4) is 0 Å². The summed E-state index contributed by atoms with van der Waals surface area (Å²) in [5, 5.41) is 6.13. The quantitative estimate of drug-likeness (QED) is 0.843. The Morgan fingerprint density at radius 2 is 1.65 bits per heavy atom. The van der Waals surface area contributed by atoms with Crippen LogP contribution in [0.1, 0.15) is 20.7 Å². The molecular weight excluding hydrogens is 377 g/mol. The van der Waals surface area contributed by atoms with Crippen LogP contribution in [0.4, 0.5) is 5.69 Å². The summed E-state index contributed by atoms with van der Waals surface area (Å²) < 4.78 is 0. The smallest absolute Gasteiger partial charge is 0.255 e. The Morgan fingerprint density at radius 1 is 1.00 bits per heavy atom. The summed E-state index contributed by atoms with van der Waals surface area (Å²) in [7, 11) is 0. The lowest BCUT2D eigenvalue weighted by atomic mass is 10.1. The predicted molar refractivity (Wildman–Crippen MR) is 99.8 cm³/mol. The summed E-state index contributed by atoms with van der Waals surface area (Å²) in [6.07, 6.45) is 0. The van der Waals surface area contributed by atoms with Crippen LogP contribution in [0.5, 0.6) is 0 Å². The Balaban J connectivity index is 1.68. The molecule has 2 aromatic carbocycles. The Kier molecular flexibility index (Phi) is 5.44. The van der Waals surface area contributed by atoms with Crippen LogP contribution in [0.15, 0.2) is 42.5 Å². The van der Waals surface area contributed by atoms with Crippen molar-refractivity contribution in [2.75, 3.05) is 25.0 Å². The number of hydrogen-bond donors (Lipinski definition) is 2. The largest absolute Gasteiger partial charge is 0.353 e. The van der Waals surface area contributed by atoms with Gasteiger partial charge in [0.25, 0.3) is 11.8 Å². The number of rotatable bonds is 3. The van der Waals surface area contributed by atoms with E-state index in [1.54, 1.807) is 30.3 Å². The molecular formula is C18H15Cl2N3O3. The maximum Gasteiger partial charge on any atom is 0.255 e. The van der Waals surface area contributed by atoms with Crippen molar-refractivity contribution in [1.82, 2.24) is 10.2 Å². The van der Waals surface area contributed by atoms with Crippen molar-refractivity contribution in [2.45, 2.75) is 0 Å². The number of halogens is 2. The van der Waals surface area contributed by atoms with Gasteiger partial charge in [0, 0.05) is 39.9 Å². The van der Waals surface area contributed by atoms with E-state index in [2.05, 4.69) is 10.6 Å². The molecule has 3 amide bonds. The number of benzene rings is 2. The minimum absolute atomic E-state index is 0.0485. The zero-order valence-corrected chi connectivity index (χ0v) is 15.1. The number of carbonyl (C=O) groups excluding carboxylic acids is 3. The number of nitrogens with zero attached hydrogens (tertiary/aromatic N) is 1. The third-order valence-corrected chi connectivity index (χ3v) is 4.28. The molecule has 1 saturated heterocycles. The fourth-order valence-corrected chi connectivity index (χ4v) is 3.10. The van der Waals surface area contributed by atoms with Gasteiger partial charge in [-0.25, -0.2) is 0 Å². The summed E-state index contributed by atoms with van der Waals surface area (Å²) in [5.41, 5.74) is 1.31. The van der Waals surface area contributed by atoms with E-state index in [-0.39, 0.29) is 24.3 Å². The van der Waals surface area contributed by atoms with Crippen molar-refractivity contribution in [3.05, 3.63) is 63.6 Å². The van der Waals surface area contributed by atoms with E-state index in [0.29, 0.717) is 39.9 Å². The van der Waals surface area contributed by atoms with E-state index in [1.165, 1.54) is 17.0 Å². The van der Waals surface area contributed by atoms with E-state index in [1.807, 2.05) is 0 Å². The monoisotopic (exact) mass is 391 g/mol. The first kappa shape index (κ1) is 18.2. The van der Waals surface area contributed by atoms with Crippen LogP contribution in [0.25, 0.3) is 0 Å². The van der Waals surface area contributed by atoms with Crippen molar-refractivity contribution in [2.24, 2.45) is 0 Å². The van der Waals surface area contributed by atoms with Gasteiger partial charge in [-0.1, -0.05) is 23.2 Å². The van der Waals surface area contributed by atoms with Gasteiger partial charge in [-0.15, -0.1) is 0 Å². The van der Waals surface area contributed by atoms with Crippen molar-refractivity contribution in [1.29, 1.82) is 0 Å². The van der Waals surface area contributed by atoms with Crippen LogP contribution in [0.3, 0.4) is 0 Å². The predicted octanol–water partition coefficient (Wildman–Crippen LogP) is 2.82. The molecule has 0 aromatic heterocycles. The number of anilines is 1. The van der Waals surface area contributed by atoms with Crippen LogP contribution in [-0.2, 0) is 4.79 Å². The second-order valence-electron chi connectivity index (χ2n) is 5.77.